The summed E-state index contributed by atoms with van der Waals surface area (Å²) in [5.74, 6) is -0.400. The summed E-state index contributed by atoms with van der Waals surface area (Å²) >= 11 is 0. The molecule has 3 heterocycles. The Morgan fingerprint density at radius 1 is 1.09 bits per heavy atom. The van der Waals surface area contributed by atoms with Crippen LogP contribution in [0.3, 0.4) is 0 Å². The third-order valence-electron chi connectivity index (χ3n) is 3.85. The van der Waals surface area contributed by atoms with Gasteiger partial charge < -0.3 is 0 Å². The van der Waals surface area contributed by atoms with Crippen LogP contribution in [0.5, 0.6) is 0 Å². The molecule has 5 heteroatoms. The molecule has 0 spiro atoms. The first-order valence-electron chi connectivity index (χ1n) is 7.01. The van der Waals surface area contributed by atoms with E-state index >= 15 is 0 Å². The Kier molecular flexibility index (Phi) is 2.71. The first-order chi connectivity index (χ1) is 10.6. The van der Waals surface area contributed by atoms with Gasteiger partial charge in [-0.1, -0.05) is 24.3 Å². The Morgan fingerprint density at radius 2 is 1.91 bits per heavy atom. The smallest absolute Gasteiger partial charge is 0.279 e. The number of rotatable bonds is 1. The maximum Gasteiger partial charge on any atom is 0.279 e. The fraction of sp³-hybridized carbons (Fsp3) is 0.118. The first kappa shape index (κ1) is 12.9. The monoisotopic (exact) mass is 291 g/mol. The summed E-state index contributed by atoms with van der Waals surface area (Å²) in [6, 6.07) is 13.4. The van der Waals surface area contributed by atoms with Crippen LogP contribution < -0.4 is 0 Å². The van der Waals surface area contributed by atoms with E-state index in [0.717, 1.165) is 27.9 Å². The molecule has 1 aliphatic heterocycles. The van der Waals surface area contributed by atoms with Crippen molar-refractivity contribution in [3.63, 3.8) is 0 Å². The molecule has 3 aromatic rings. The molecule has 1 N–H and O–H groups in total. The number of carbonyl (C=O) groups excluding carboxylic acids is 1. The van der Waals surface area contributed by atoms with Gasteiger partial charge in [0, 0.05) is 16.6 Å². The second kappa shape index (κ2) is 4.61. The van der Waals surface area contributed by atoms with Crippen molar-refractivity contribution in [1.82, 2.24) is 15.0 Å². The summed E-state index contributed by atoms with van der Waals surface area (Å²) in [5, 5.41) is 11.1. The van der Waals surface area contributed by atoms with E-state index < -0.39 is 5.91 Å². The highest BCUT2D eigenvalue weighted by atomic mass is 16.5. The minimum atomic E-state index is -0.400. The molecular formula is C17H13N3O2. The molecule has 1 aliphatic rings. The molecule has 0 aliphatic carbocycles. The van der Waals surface area contributed by atoms with Crippen molar-refractivity contribution in [2.45, 2.75) is 13.5 Å². The quantitative estimate of drug-likeness (QED) is 0.700. The number of hydrogen-bond acceptors (Lipinski definition) is 4. The summed E-state index contributed by atoms with van der Waals surface area (Å²) in [7, 11) is 0. The van der Waals surface area contributed by atoms with Crippen molar-refractivity contribution in [1.29, 1.82) is 0 Å². The van der Waals surface area contributed by atoms with Crippen molar-refractivity contribution in [3.05, 3.63) is 59.4 Å². The maximum absolute atomic E-state index is 11.9. The standard InChI is InChI=1S/C17H13N3O2/c1-10-4-2-7-14(18-10)12-6-3-5-11-8-13-15(19-16(11)12)9-20(22)17(13)21/h2-8,22H,9H2,1H3. The molecule has 1 aromatic carbocycles. The third-order valence-corrected chi connectivity index (χ3v) is 3.85. The highest BCUT2D eigenvalue weighted by Crippen LogP contribution is 2.30. The lowest BCUT2D eigenvalue weighted by Gasteiger charge is -2.07. The van der Waals surface area contributed by atoms with Gasteiger partial charge in [0.15, 0.2) is 0 Å². The van der Waals surface area contributed by atoms with E-state index in [1.807, 2.05) is 43.3 Å². The van der Waals surface area contributed by atoms with Crippen LogP contribution in [0.4, 0.5) is 0 Å². The van der Waals surface area contributed by atoms with Crippen LogP contribution in [-0.4, -0.2) is 26.1 Å². The Balaban J connectivity index is 1.99. The van der Waals surface area contributed by atoms with Crippen molar-refractivity contribution >= 4 is 16.8 Å². The van der Waals surface area contributed by atoms with E-state index in [9.17, 15) is 10.0 Å². The van der Waals surface area contributed by atoms with Gasteiger partial charge in [0.25, 0.3) is 5.91 Å². The predicted octanol–water partition coefficient (Wildman–Crippen LogP) is 2.95. The number of benzene rings is 1. The van der Waals surface area contributed by atoms with Gasteiger partial charge in [0.1, 0.15) is 0 Å². The lowest BCUT2D eigenvalue weighted by atomic mass is 10.0. The number of carbonyl (C=O) groups is 1. The highest BCUT2D eigenvalue weighted by Gasteiger charge is 2.28. The Labute approximate surface area is 126 Å². The van der Waals surface area contributed by atoms with Gasteiger partial charge in [-0.05, 0) is 25.1 Å². The summed E-state index contributed by atoms with van der Waals surface area (Å²) in [6.45, 7) is 2.07. The first-order valence-corrected chi connectivity index (χ1v) is 7.01. The summed E-state index contributed by atoms with van der Waals surface area (Å²) in [4.78, 5) is 21.0. The number of hydrogen-bond donors (Lipinski definition) is 1. The van der Waals surface area contributed by atoms with Crippen LogP contribution in [0, 0.1) is 6.92 Å². The van der Waals surface area contributed by atoms with Crippen molar-refractivity contribution in [2.75, 3.05) is 0 Å². The molecule has 0 unspecified atom stereocenters. The van der Waals surface area contributed by atoms with E-state index in [-0.39, 0.29) is 6.54 Å². The van der Waals surface area contributed by atoms with Gasteiger partial charge >= 0.3 is 0 Å². The van der Waals surface area contributed by atoms with Crippen molar-refractivity contribution in [3.8, 4) is 11.3 Å². The number of aryl methyl sites for hydroxylation is 1. The second-order valence-electron chi connectivity index (χ2n) is 5.39. The van der Waals surface area contributed by atoms with E-state index in [2.05, 4.69) is 9.97 Å². The average molecular weight is 291 g/mol. The van der Waals surface area contributed by atoms with E-state index in [0.29, 0.717) is 16.3 Å². The lowest BCUT2D eigenvalue weighted by molar-refractivity contribution is -0.0583. The van der Waals surface area contributed by atoms with Gasteiger partial charge in [-0.25, -0.2) is 10.0 Å². The van der Waals surface area contributed by atoms with E-state index in [4.69, 9.17) is 0 Å². The molecule has 108 valence electrons. The predicted molar refractivity (Wildman–Crippen MR) is 81.4 cm³/mol. The molecule has 0 saturated heterocycles. The molecule has 4 rings (SSSR count). The largest absolute Gasteiger partial charge is 0.285 e. The SMILES string of the molecule is Cc1cccc(-c2cccc3cc4c(nc23)CN(O)C4=O)n1. The number of para-hydroxylation sites is 1. The molecule has 22 heavy (non-hydrogen) atoms. The second-order valence-corrected chi connectivity index (χ2v) is 5.39. The van der Waals surface area contributed by atoms with Crippen LogP contribution in [0.25, 0.3) is 22.2 Å². The van der Waals surface area contributed by atoms with Gasteiger partial charge in [0.05, 0.1) is 29.0 Å². The molecule has 2 aromatic heterocycles. The van der Waals surface area contributed by atoms with Crippen LogP contribution in [0.15, 0.2) is 42.5 Å². The fourth-order valence-corrected chi connectivity index (χ4v) is 2.79. The Hall–Kier alpha value is -2.79. The number of amides is 1. The molecular weight excluding hydrogens is 278 g/mol. The zero-order chi connectivity index (χ0) is 15.3. The molecule has 0 fully saturated rings. The van der Waals surface area contributed by atoms with Crippen LogP contribution in [-0.2, 0) is 6.54 Å². The minimum absolute atomic E-state index is 0.125. The van der Waals surface area contributed by atoms with Gasteiger partial charge in [-0.15, -0.1) is 0 Å². The topological polar surface area (TPSA) is 66.3 Å². The number of fused-ring (bicyclic) bond motifs is 2. The summed E-state index contributed by atoms with van der Waals surface area (Å²) < 4.78 is 0. The lowest BCUT2D eigenvalue weighted by Crippen LogP contribution is -2.18. The van der Waals surface area contributed by atoms with E-state index in [1.165, 1.54) is 0 Å². The van der Waals surface area contributed by atoms with Gasteiger partial charge in [-0.2, -0.15) is 0 Å². The normalized spacial score (nSPS) is 13.7. The summed E-state index contributed by atoms with van der Waals surface area (Å²) in [6.07, 6.45) is 0. The number of hydroxylamine groups is 2. The molecule has 0 atom stereocenters. The number of nitrogens with zero attached hydrogens (tertiary/aromatic N) is 3. The molecule has 0 bridgehead atoms. The fourth-order valence-electron chi connectivity index (χ4n) is 2.79. The zero-order valence-electron chi connectivity index (χ0n) is 11.9. The number of pyridine rings is 2. The van der Waals surface area contributed by atoms with Crippen LogP contribution in [0.1, 0.15) is 21.7 Å². The average Bonchev–Trinajstić information content (AvgIpc) is 2.79. The number of aromatic nitrogens is 2. The van der Waals surface area contributed by atoms with Crippen molar-refractivity contribution < 1.29 is 10.0 Å². The molecule has 0 radical (unpaired) electrons. The zero-order valence-corrected chi connectivity index (χ0v) is 11.9. The molecule has 1 amide bonds. The van der Waals surface area contributed by atoms with Crippen LogP contribution >= 0.6 is 0 Å². The molecule has 5 nitrogen and oxygen atoms in total. The van der Waals surface area contributed by atoms with Crippen molar-refractivity contribution in [2.24, 2.45) is 0 Å². The maximum atomic E-state index is 11.9. The van der Waals surface area contributed by atoms with Gasteiger partial charge in [-0.3, -0.25) is 15.0 Å². The van der Waals surface area contributed by atoms with Gasteiger partial charge in [0.2, 0.25) is 0 Å². The highest BCUT2D eigenvalue weighted by molar-refractivity contribution is 6.02. The Morgan fingerprint density at radius 3 is 2.73 bits per heavy atom. The summed E-state index contributed by atoms with van der Waals surface area (Å²) in [5.41, 5.74) is 4.57. The molecule has 0 saturated carbocycles. The van der Waals surface area contributed by atoms with Crippen LogP contribution in [0.2, 0.25) is 0 Å². The Bertz CT molecular complexity index is 921. The third kappa shape index (κ3) is 1.87. The van der Waals surface area contributed by atoms with E-state index in [1.54, 1.807) is 6.07 Å². The minimum Gasteiger partial charge on any atom is -0.285 e.